The highest BCUT2D eigenvalue weighted by molar-refractivity contribution is 7.18. The van der Waals surface area contributed by atoms with Gasteiger partial charge in [0.2, 0.25) is 0 Å². The molecule has 2 atom stereocenters. The minimum Gasteiger partial charge on any atom is -0.394 e. The molecule has 0 saturated heterocycles. The lowest BCUT2D eigenvalue weighted by molar-refractivity contribution is 0.221. The number of aryl methyl sites for hydroxylation is 1. The third-order valence-electron chi connectivity index (χ3n) is 4.32. The summed E-state index contributed by atoms with van der Waals surface area (Å²) in [4.78, 5) is 19.4. The van der Waals surface area contributed by atoms with Crippen molar-refractivity contribution in [2.24, 2.45) is 5.92 Å². The van der Waals surface area contributed by atoms with Crippen LogP contribution in [0.15, 0.2) is 11.1 Å². The number of aliphatic hydroxyl groups excluding tert-OH is 1. The van der Waals surface area contributed by atoms with Crippen molar-refractivity contribution >= 4 is 21.6 Å². The van der Waals surface area contributed by atoms with Crippen molar-refractivity contribution in [3.8, 4) is 0 Å². The Morgan fingerprint density at radius 3 is 3.10 bits per heavy atom. The summed E-state index contributed by atoms with van der Waals surface area (Å²) in [5, 5.41) is 10.2. The van der Waals surface area contributed by atoms with Crippen LogP contribution in [0.2, 0.25) is 0 Å². The summed E-state index contributed by atoms with van der Waals surface area (Å²) in [5.41, 5.74) is 1.23. The molecular formula is C15H20N2O2S. The van der Waals surface area contributed by atoms with E-state index in [0.29, 0.717) is 5.92 Å². The second kappa shape index (κ2) is 5.30. The topological polar surface area (TPSA) is 55.1 Å². The maximum Gasteiger partial charge on any atom is 0.262 e. The smallest absolute Gasteiger partial charge is 0.262 e. The average Bonchev–Trinajstić information content (AvgIpc) is 2.80. The fourth-order valence-corrected chi connectivity index (χ4v) is 4.36. The van der Waals surface area contributed by atoms with E-state index in [4.69, 9.17) is 0 Å². The largest absolute Gasteiger partial charge is 0.394 e. The van der Waals surface area contributed by atoms with E-state index in [-0.39, 0.29) is 18.2 Å². The number of aromatic nitrogens is 2. The molecule has 1 aliphatic rings. The highest BCUT2D eigenvalue weighted by Crippen LogP contribution is 2.35. The summed E-state index contributed by atoms with van der Waals surface area (Å²) < 4.78 is 1.60. The molecule has 0 saturated carbocycles. The van der Waals surface area contributed by atoms with Crippen molar-refractivity contribution in [1.82, 2.24) is 9.55 Å². The summed E-state index contributed by atoms with van der Waals surface area (Å²) in [6.45, 7) is 4.22. The van der Waals surface area contributed by atoms with Crippen molar-refractivity contribution in [2.45, 2.75) is 45.6 Å². The van der Waals surface area contributed by atoms with E-state index in [1.807, 2.05) is 6.92 Å². The van der Waals surface area contributed by atoms with Crippen LogP contribution in [-0.4, -0.2) is 21.3 Å². The number of rotatable bonds is 3. The summed E-state index contributed by atoms with van der Waals surface area (Å²) >= 11 is 1.67. The van der Waals surface area contributed by atoms with Crippen LogP contribution in [0.1, 0.15) is 43.2 Å². The molecule has 2 heterocycles. The maximum atomic E-state index is 12.7. The maximum absolute atomic E-state index is 12.7. The fraction of sp³-hybridized carbons (Fsp3) is 0.600. The molecular weight excluding hydrogens is 272 g/mol. The highest BCUT2D eigenvalue weighted by atomic mass is 32.1. The predicted molar refractivity (Wildman–Crippen MR) is 81.5 cm³/mol. The van der Waals surface area contributed by atoms with Crippen molar-refractivity contribution in [2.75, 3.05) is 6.61 Å². The number of hydrogen-bond donors (Lipinski definition) is 1. The van der Waals surface area contributed by atoms with Gasteiger partial charge in [0, 0.05) is 4.88 Å². The zero-order valence-electron chi connectivity index (χ0n) is 11.9. The Kier molecular flexibility index (Phi) is 3.65. The highest BCUT2D eigenvalue weighted by Gasteiger charge is 2.24. The molecule has 1 N–H and O–H groups in total. The van der Waals surface area contributed by atoms with Gasteiger partial charge in [0.25, 0.3) is 5.56 Å². The zero-order chi connectivity index (χ0) is 14.3. The quantitative estimate of drug-likeness (QED) is 0.945. The monoisotopic (exact) mass is 292 g/mol. The van der Waals surface area contributed by atoms with Gasteiger partial charge in [-0.15, -0.1) is 11.3 Å². The van der Waals surface area contributed by atoms with Crippen LogP contribution >= 0.6 is 11.3 Å². The second-order valence-electron chi connectivity index (χ2n) is 5.73. The van der Waals surface area contributed by atoms with Gasteiger partial charge in [0.15, 0.2) is 0 Å². The van der Waals surface area contributed by atoms with E-state index >= 15 is 0 Å². The molecule has 0 amide bonds. The molecule has 0 fully saturated rings. The van der Waals surface area contributed by atoms with Gasteiger partial charge in [-0.1, -0.05) is 13.8 Å². The van der Waals surface area contributed by atoms with Crippen molar-refractivity contribution < 1.29 is 5.11 Å². The van der Waals surface area contributed by atoms with Gasteiger partial charge in [-0.3, -0.25) is 9.36 Å². The predicted octanol–water partition coefficient (Wildman–Crippen LogP) is 2.53. The molecule has 0 aliphatic heterocycles. The van der Waals surface area contributed by atoms with Crippen LogP contribution in [-0.2, 0) is 12.8 Å². The van der Waals surface area contributed by atoms with Crippen LogP contribution in [0, 0.1) is 5.92 Å². The van der Waals surface area contributed by atoms with Crippen LogP contribution in [0.4, 0.5) is 0 Å². The molecule has 3 rings (SSSR count). The van der Waals surface area contributed by atoms with Gasteiger partial charge in [-0.25, -0.2) is 4.98 Å². The van der Waals surface area contributed by atoms with Crippen LogP contribution in [0.5, 0.6) is 0 Å². The molecule has 0 bridgehead atoms. The molecule has 0 aromatic carbocycles. The van der Waals surface area contributed by atoms with E-state index in [1.165, 1.54) is 10.4 Å². The van der Waals surface area contributed by atoms with Crippen molar-refractivity contribution in [3.05, 3.63) is 27.1 Å². The van der Waals surface area contributed by atoms with Gasteiger partial charge in [0.05, 0.1) is 24.4 Å². The molecule has 0 radical (unpaired) electrons. The third kappa shape index (κ3) is 2.09. The molecule has 4 nitrogen and oxygen atoms in total. The Morgan fingerprint density at radius 1 is 1.60 bits per heavy atom. The van der Waals surface area contributed by atoms with Gasteiger partial charge < -0.3 is 5.11 Å². The van der Waals surface area contributed by atoms with Gasteiger partial charge in [-0.05, 0) is 37.2 Å². The summed E-state index contributed by atoms with van der Waals surface area (Å²) in [6.07, 6.45) is 5.51. The summed E-state index contributed by atoms with van der Waals surface area (Å²) in [5.74, 6) is 0.693. The molecule has 108 valence electrons. The Hall–Kier alpha value is -1.20. The van der Waals surface area contributed by atoms with E-state index < -0.39 is 0 Å². The SMILES string of the molecule is CCC(CO)n1cnc2sc3c(c2c1=O)CCC(C)C3. The van der Waals surface area contributed by atoms with Gasteiger partial charge in [-0.2, -0.15) is 0 Å². The Bertz CT molecular complexity index is 685. The Balaban J connectivity index is 2.20. The molecule has 2 unspecified atom stereocenters. The first-order valence-electron chi connectivity index (χ1n) is 7.27. The lowest BCUT2D eigenvalue weighted by Crippen LogP contribution is -2.27. The van der Waals surface area contributed by atoms with E-state index in [0.717, 1.165) is 35.9 Å². The van der Waals surface area contributed by atoms with Crippen LogP contribution in [0.3, 0.4) is 0 Å². The number of thiophene rings is 1. The van der Waals surface area contributed by atoms with Gasteiger partial charge in [0.1, 0.15) is 4.83 Å². The average molecular weight is 292 g/mol. The number of aliphatic hydroxyl groups is 1. The van der Waals surface area contributed by atoms with E-state index in [9.17, 15) is 9.90 Å². The molecule has 2 aromatic heterocycles. The van der Waals surface area contributed by atoms with E-state index in [1.54, 1.807) is 22.2 Å². The third-order valence-corrected chi connectivity index (χ3v) is 5.48. The minimum absolute atomic E-state index is 0.0166. The Morgan fingerprint density at radius 2 is 2.40 bits per heavy atom. The first kappa shape index (κ1) is 13.8. The summed E-state index contributed by atoms with van der Waals surface area (Å²) in [7, 11) is 0. The number of nitrogens with zero attached hydrogens (tertiary/aromatic N) is 2. The van der Waals surface area contributed by atoms with Crippen molar-refractivity contribution in [1.29, 1.82) is 0 Å². The number of hydrogen-bond acceptors (Lipinski definition) is 4. The molecule has 2 aromatic rings. The molecule has 0 spiro atoms. The van der Waals surface area contributed by atoms with Gasteiger partial charge >= 0.3 is 0 Å². The Labute approximate surface area is 122 Å². The second-order valence-corrected chi connectivity index (χ2v) is 6.82. The molecule has 1 aliphatic carbocycles. The molecule has 20 heavy (non-hydrogen) atoms. The lowest BCUT2D eigenvalue weighted by atomic mass is 9.89. The first-order chi connectivity index (χ1) is 9.65. The standard InChI is InChI=1S/C15H20N2O2S/c1-3-10(7-18)17-8-16-14-13(15(17)19)11-5-4-9(2)6-12(11)20-14/h8-10,18H,3-7H2,1-2H3. The fourth-order valence-electron chi connectivity index (χ4n) is 3.02. The minimum atomic E-state index is -0.169. The first-order valence-corrected chi connectivity index (χ1v) is 8.09. The van der Waals surface area contributed by atoms with Crippen LogP contribution in [0.25, 0.3) is 10.2 Å². The number of fused-ring (bicyclic) bond motifs is 3. The molecule has 5 heteroatoms. The van der Waals surface area contributed by atoms with Crippen LogP contribution < -0.4 is 5.56 Å². The van der Waals surface area contributed by atoms with E-state index in [2.05, 4.69) is 11.9 Å². The summed E-state index contributed by atoms with van der Waals surface area (Å²) in [6, 6.07) is -0.169. The van der Waals surface area contributed by atoms with Crippen molar-refractivity contribution in [3.63, 3.8) is 0 Å². The zero-order valence-corrected chi connectivity index (χ0v) is 12.7. The normalized spacial score (nSPS) is 20.1. The lowest BCUT2D eigenvalue weighted by Gasteiger charge is -2.18.